The molecule has 0 radical (unpaired) electrons. The van der Waals surface area contributed by atoms with Crippen LogP contribution in [0.2, 0.25) is 0 Å². The van der Waals surface area contributed by atoms with Crippen LogP contribution >= 0.6 is 0 Å². The number of fused-ring (bicyclic) bond motifs is 5. The Hall–Kier alpha value is -8.02. The maximum Gasteiger partial charge on any atom is 0.164 e. The molecule has 5 nitrogen and oxygen atoms in total. The van der Waals surface area contributed by atoms with E-state index in [1.165, 1.54) is 21.7 Å². The van der Waals surface area contributed by atoms with Crippen LogP contribution in [0.15, 0.2) is 212 Å². The molecule has 5 heteroatoms. The summed E-state index contributed by atoms with van der Waals surface area (Å²) < 4.78 is 2.31. The molecule has 0 saturated heterocycles. The van der Waals surface area contributed by atoms with Crippen molar-refractivity contribution in [1.82, 2.24) is 24.5 Å². The van der Waals surface area contributed by atoms with Crippen molar-refractivity contribution in [2.24, 2.45) is 0 Å². The first-order valence-corrected chi connectivity index (χ1v) is 19.8. The Labute approximate surface area is 341 Å². The van der Waals surface area contributed by atoms with Gasteiger partial charge in [0.1, 0.15) is 5.82 Å². The van der Waals surface area contributed by atoms with Crippen LogP contribution in [0.3, 0.4) is 0 Å². The van der Waals surface area contributed by atoms with E-state index in [-0.39, 0.29) is 0 Å². The lowest BCUT2D eigenvalue weighted by Gasteiger charge is -2.13. The second-order valence-corrected chi connectivity index (χ2v) is 14.7. The van der Waals surface area contributed by atoms with Gasteiger partial charge in [0.2, 0.25) is 0 Å². The highest BCUT2D eigenvalue weighted by Crippen LogP contribution is 2.42. The van der Waals surface area contributed by atoms with Gasteiger partial charge < -0.3 is 0 Å². The fraction of sp³-hybridized carbons (Fsp3) is 0. The molecular weight excluding hydrogens is 719 g/mol. The molecule has 0 N–H and O–H groups in total. The lowest BCUT2D eigenvalue weighted by Crippen LogP contribution is -2.02. The van der Waals surface area contributed by atoms with Gasteiger partial charge in [-0.2, -0.15) is 0 Å². The van der Waals surface area contributed by atoms with Crippen LogP contribution in [-0.2, 0) is 0 Å². The third kappa shape index (κ3) is 6.22. The van der Waals surface area contributed by atoms with Gasteiger partial charge in [0.25, 0.3) is 0 Å². The van der Waals surface area contributed by atoms with Gasteiger partial charge >= 0.3 is 0 Å². The van der Waals surface area contributed by atoms with Crippen molar-refractivity contribution in [3.8, 4) is 73.4 Å². The van der Waals surface area contributed by atoms with E-state index in [4.69, 9.17) is 19.9 Å². The number of hydrogen-bond acceptors (Lipinski definition) is 4. The van der Waals surface area contributed by atoms with E-state index in [0.29, 0.717) is 17.5 Å². The average Bonchev–Trinajstić information content (AvgIpc) is 3.66. The van der Waals surface area contributed by atoms with Gasteiger partial charge in [-0.25, -0.2) is 19.9 Å². The Morgan fingerprint density at radius 2 is 0.780 bits per heavy atom. The lowest BCUT2D eigenvalue weighted by molar-refractivity contribution is 1.05. The molecule has 0 bridgehead atoms. The topological polar surface area (TPSA) is 56.5 Å². The first kappa shape index (κ1) is 34.2. The summed E-state index contributed by atoms with van der Waals surface area (Å²) in [5.74, 6) is 2.57. The molecule has 3 aromatic heterocycles. The van der Waals surface area contributed by atoms with Crippen LogP contribution in [0.4, 0.5) is 0 Å². The minimum atomic E-state index is 0.575. The lowest BCUT2D eigenvalue weighted by atomic mass is 9.94. The van der Waals surface area contributed by atoms with E-state index < -0.39 is 0 Å². The van der Waals surface area contributed by atoms with Crippen LogP contribution in [0, 0.1) is 0 Å². The summed E-state index contributed by atoms with van der Waals surface area (Å²) in [6, 6.07) is 72.1. The summed E-state index contributed by atoms with van der Waals surface area (Å²) in [4.78, 5) is 20.3. The minimum absolute atomic E-state index is 0.575. The average molecular weight is 754 g/mol. The molecule has 11 aromatic rings. The van der Waals surface area contributed by atoms with Crippen molar-refractivity contribution in [3.63, 3.8) is 0 Å². The summed E-state index contributed by atoms with van der Waals surface area (Å²) in [7, 11) is 0. The standard InChI is InChI=1S/C54H35N5/c1-5-15-36(16-6-1)38-25-27-41(28-26-38)53-56-52(40-21-11-4-12-22-40)57-54(58-53)43-31-32-55-50(34-43)59-48-33-42(37-17-7-2-8-18-37)29-30-46(48)51-45-24-14-13-23-44(45)47(35-49(51)59)39-19-9-3-10-20-39/h1-35H. The molecule has 59 heavy (non-hydrogen) atoms. The van der Waals surface area contributed by atoms with Crippen molar-refractivity contribution < 1.29 is 0 Å². The minimum Gasteiger partial charge on any atom is -0.294 e. The Morgan fingerprint density at radius 1 is 0.305 bits per heavy atom. The van der Waals surface area contributed by atoms with Gasteiger partial charge in [0, 0.05) is 33.7 Å². The zero-order valence-electron chi connectivity index (χ0n) is 31.9. The quantitative estimate of drug-likeness (QED) is 0.163. The zero-order valence-corrected chi connectivity index (χ0v) is 31.9. The van der Waals surface area contributed by atoms with Crippen molar-refractivity contribution in [2.45, 2.75) is 0 Å². The molecule has 0 saturated carbocycles. The summed E-state index contributed by atoms with van der Waals surface area (Å²) in [6.45, 7) is 0. The van der Waals surface area contributed by atoms with E-state index in [0.717, 1.165) is 66.7 Å². The molecule has 0 fully saturated rings. The molecule has 3 heterocycles. The Morgan fingerprint density at radius 3 is 1.42 bits per heavy atom. The van der Waals surface area contributed by atoms with Gasteiger partial charge in [-0.1, -0.05) is 182 Å². The molecule has 11 rings (SSSR count). The largest absolute Gasteiger partial charge is 0.294 e. The van der Waals surface area contributed by atoms with Crippen LogP contribution in [0.25, 0.3) is 106 Å². The number of aromatic nitrogens is 5. The molecule has 8 aromatic carbocycles. The normalized spacial score (nSPS) is 11.4. The summed E-state index contributed by atoms with van der Waals surface area (Å²) in [5.41, 5.74) is 11.7. The highest BCUT2D eigenvalue weighted by atomic mass is 15.1. The second-order valence-electron chi connectivity index (χ2n) is 14.7. The maximum atomic E-state index is 5.14. The second kappa shape index (κ2) is 14.5. The van der Waals surface area contributed by atoms with Crippen LogP contribution in [0.5, 0.6) is 0 Å². The molecular formula is C54H35N5. The van der Waals surface area contributed by atoms with Crippen molar-refractivity contribution in [1.29, 1.82) is 0 Å². The predicted molar refractivity (Wildman–Crippen MR) is 242 cm³/mol. The number of benzene rings is 8. The number of pyridine rings is 1. The summed E-state index contributed by atoms with van der Waals surface area (Å²) >= 11 is 0. The Kier molecular flexibility index (Phi) is 8.41. The molecule has 0 spiro atoms. The Balaban J connectivity index is 1.13. The van der Waals surface area contributed by atoms with Gasteiger partial charge in [-0.3, -0.25) is 4.57 Å². The maximum absolute atomic E-state index is 5.14. The van der Waals surface area contributed by atoms with Crippen molar-refractivity contribution in [3.05, 3.63) is 212 Å². The number of nitrogens with zero attached hydrogens (tertiary/aromatic N) is 5. The zero-order chi connectivity index (χ0) is 39.1. The van der Waals surface area contributed by atoms with Gasteiger partial charge in [0.15, 0.2) is 17.5 Å². The van der Waals surface area contributed by atoms with E-state index in [1.807, 2.05) is 48.7 Å². The van der Waals surface area contributed by atoms with E-state index in [2.05, 4.69) is 168 Å². The molecule has 0 amide bonds. The van der Waals surface area contributed by atoms with Crippen LogP contribution in [0.1, 0.15) is 0 Å². The van der Waals surface area contributed by atoms with Gasteiger partial charge in [0.05, 0.1) is 11.0 Å². The Bertz CT molecular complexity index is 3290. The third-order valence-electron chi connectivity index (χ3n) is 11.1. The fourth-order valence-electron chi connectivity index (χ4n) is 8.26. The highest BCUT2D eigenvalue weighted by molar-refractivity contribution is 6.24. The monoisotopic (exact) mass is 753 g/mol. The molecule has 276 valence electrons. The van der Waals surface area contributed by atoms with E-state index >= 15 is 0 Å². The van der Waals surface area contributed by atoms with Crippen LogP contribution < -0.4 is 0 Å². The summed E-state index contributed by atoms with van der Waals surface area (Å²) in [5, 5.41) is 4.76. The first-order valence-electron chi connectivity index (χ1n) is 19.8. The summed E-state index contributed by atoms with van der Waals surface area (Å²) in [6.07, 6.45) is 1.86. The number of rotatable bonds is 7. The van der Waals surface area contributed by atoms with Crippen molar-refractivity contribution >= 4 is 32.6 Å². The molecule has 0 aliphatic rings. The molecule has 0 aliphatic carbocycles. The van der Waals surface area contributed by atoms with E-state index in [1.54, 1.807) is 0 Å². The van der Waals surface area contributed by atoms with Gasteiger partial charge in [-0.15, -0.1) is 0 Å². The first-order chi connectivity index (χ1) is 29.2. The molecule has 0 unspecified atom stereocenters. The molecule has 0 aliphatic heterocycles. The van der Waals surface area contributed by atoms with E-state index in [9.17, 15) is 0 Å². The van der Waals surface area contributed by atoms with Gasteiger partial charge in [-0.05, 0) is 68.4 Å². The SMILES string of the molecule is c1ccc(-c2ccc(-c3nc(-c4ccccc4)nc(-c4ccnc(-n5c6cc(-c7ccccc7)ccc6c6c7ccccc7c(-c7ccccc7)cc65)c4)n3)cc2)cc1. The molecule has 0 atom stereocenters. The smallest absolute Gasteiger partial charge is 0.164 e. The highest BCUT2D eigenvalue weighted by Gasteiger charge is 2.20. The third-order valence-corrected chi connectivity index (χ3v) is 11.1. The van der Waals surface area contributed by atoms with Crippen LogP contribution in [-0.4, -0.2) is 24.5 Å². The van der Waals surface area contributed by atoms with Crippen molar-refractivity contribution in [2.75, 3.05) is 0 Å². The number of hydrogen-bond donors (Lipinski definition) is 0. The fourth-order valence-corrected chi connectivity index (χ4v) is 8.26. The predicted octanol–water partition coefficient (Wildman–Crippen LogP) is 13.5.